The van der Waals surface area contributed by atoms with Gasteiger partial charge in [-0.2, -0.15) is 0 Å². The summed E-state index contributed by atoms with van der Waals surface area (Å²) in [6.45, 7) is 0.209. The van der Waals surface area contributed by atoms with Crippen LogP contribution in [0.4, 0.5) is 0 Å². The van der Waals surface area contributed by atoms with E-state index >= 15 is 0 Å². The van der Waals surface area contributed by atoms with Crippen LogP contribution in [0.5, 0.6) is 5.75 Å². The van der Waals surface area contributed by atoms with Gasteiger partial charge in [-0.3, -0.25) is 4.79 Å². The SMILES string of the molecule is COc1ccc(C(=O)N(Cc2ccc(Cl)cc2Cl)[C@@H]2CCS(=O)(=O)C2)cc1. The third kappa shape index (κ3) is 4.75. The molecular weight excluding hydrogens is 409 g/mol. The average Bonchev–Trinajstić information content (AvgIpc) is 3.00. The van der Waals surface area contributed by atoms with E-state index in [4.69, 9.17) is 27.9 Å². The molecule has 1 fully saturated rings. The van der Waals surface area contributed by atoms with E-state index in [1.807, 2.05) is 0 Å². The van der Waals surface area contributed by atoms with E-state index in [0.717, 1.165) is 0 Å². The first-order valence-corrected chi connectivity index (χ1v) is 11.0. The maximum atomic E-state index is 13.1. The summed E-state index contributed by atoms with van der Waals surface area (Å²) < 4.78 is 29.0. The Kier molecular flexibility index (Phi) is 5.99. The van der Waals surface area contributed by atoms with Crippen molar-refractivity contribution >= 4 is 38.9 Å². The molecule has 0 bridgehead atoms. The second kappa shape index (κ2) is 8.09. The van der Waals surface area contributed by atoms with Crippen molar-refractivity contribution in [3.8, 4) is 5.75 Å². The molecule has 0 spiro atoms. The van der Waals surface area contributed by atoms with Crippen LogP contribution in [0.25, 0.3) is 0 Å². The predicted molar refractivity (Wildman–Crippen MR) is 106 cm³/mol. The zero-order chi connectivity index (χ0) is 19.6. The van der Waals surface area contributed by atoms with Crippen molar-refractivity contribution in [2.45, 2.75) is 19.0 Å². The van der Waals surface area contributed by atoms with Crippen LogP contribution in [-0.2, 0) is 16.4 Å². The minimum Gasteiger partial charge on any atom is -0.497 e. The molecule has 2 aromatic carbocycles. The molecule has 2 aromatic rings. The van der Waals surface area contributed by atoms with Crippen molar-refractivity contribution in [2.24, 2.45) is 0 Å². The Morgan fingerprint density at radius 2 is 1.89 bits per heavy atom. The number of hydrogen-bond acceptors (Lipinski definition) is 4. The topological polar surface area (TPSA) is 63.7 Å². The number of carbonyl (C=O) groups excluding carboxylic acids is 1. The van der Waals surface area contributed by atoms with Gasteiger partial charge in [0.05, 0.1) is 18.6 Å². The molecule has 0 aromatic heterocycles. The fourth-order valence-electron chi connectivity index (χ4n) is 3.12. The van der Waals surface area contributed by atoms with Gasteiger partial charge in [-0.15, -0.1) is 0 Å². The number of rotatable bonds is 5. The molecule has 1 atom stereocenters. The zero-order valence-corrected chi connectivity index (χ0v) is 17.0. The summed E-state index contributed by atoms with van der Waals surface area (Å²) in [5.41, 5.74) is 1.18. The van der Waals surface area contributed by atoms with Crippen LogP contribution in [0, 0.1) is 0 Å². The second-order valence-electron chi connectivity index (χ2n) is 6.45. The lowest BCUT2D eigenvalue weighted by molar-refractivity contribution is 0.0681. The largest absolute Gasteiger partial charge is 0.497 e. The number of sulfone groups is 1. The van der Waals surface area contributed by atoms with E-state index < -0.39 is 15.9 Å². The number of hydrogen-bond donors (Lipinski definition) is 0. The van der Waals surface area contributed by atoms with Crippen molar-refractivity contribution in [2.75, 3.05) is 18.6 Å². The number of ether oxygens (including phenoxy) is 1. The summed E-state index contributed by atoms with van der Waals surface area (Å²) >= 11 is 12.2. The highest BCUT2D eigenvalue weighted by Crippen LogP contribution is 2.27. The fourth-order valence-corrected chi connectivity index (χ4v) is 5.32. The molecule has 1 amide bonds. The Bertz CT molecular complexity index is 945. The lowest BCUT2D eigenvalue weighted by Gasteiger charge is -2.29. The molecule has 1 heterocycles. The minimum atomic E-state index is -3.14. The van der Waals surface area contributed by atoms with Crippen molar-refractivity contribution in [3.63, 3.8) is 0 Å². The number of benzene rings is 2. The van der Waals surface area contributed by atoms with Gasteiger partial charge in [0.15, 0.2) is 9.84 Å². The molecule has 5 nitrogen and oxygen atoms in total. The van der Waals surface area contributed by atoms with Gasteiger partial charge in [-0.25, -0.2) is 8.42 Å². The number of amides is 1. The Labute approximate surface area is 168 Å². The van der Waals surface area contributed by atoms with Crippen molar-refractivity contribution in [1.82, 2.24) is 4.90 Å². The molecule has 3 rings (SSSR count). The Morgan fingerprint density at radius 1 is 1.19 bits per heavy atom. The summed E-state index contributed by atoms with van der Waals surface area (Å²) in [5, 5.41) is 0.941. The Morgan fingerprint density at radius 3 is 2.44 bits per heavy atom. The summed E-state index contributed by atoms with van der Waals surface area (Å²) in [5.74, 6) is 0.437. The van der Waals surface area contributed by atoms with Crippen molar-refractivity contribution < 1.29 is 17.9 Å². The van der Waals surface area contributed by atoms with Gasteiger partial charge in [0.25, 0.3) is 5.91 Å². The van der Waals surface area contributed by atoms with E-state index in [9.17, 15) is 13.2 Å². The first-order valence-electron chi connectivity index (χ1n) is 8.38. The molecule has 0 radical (unpaired) electrons. The quantitative estimate of drug-likeness (QED) is 0.726. The van der Waals surface area contributed by atoms with Gasteiger partial charge in [0, 0.05) is 28.2 Å². The van der Waals surface area contributed by atoms with E-state index in [2.05, 4.69) is 0 Å². The van der Waals surface area contributed by atoms with Crippen LogP contribution in [0.2, 0.25) is 10.0 Å². The normalized spacial score (nSPS) is 18.3. The third-order valence-corrected chi connectivity index (χ3v) is 6.94. The number of nitrogens with zero attached hydrogens (tertiary/aromatic N) is 1. The average molecular weight is 428 g/mol. The van der Waals surface area contributed by atoms with Gasteiger partial charge in [-0.1, -0.05) is 29.3 Å². The minimum absolute atomic E-state index is 0.0416. The highest BCUT2D eigenvalue weighted by atomic mass is 35.5. The van der Waals surface area contributed by atoms with Gasteiger partial charge in [0.2, 0.25) is 0 Å². The standard InChI is InChI=1S/C19H19Cl2NO4S/c1-26-17-6-3-13(4-7-17)19(23)22(16-8-9-27(24,25)12-16)11-14-2-5-15(20)10-18(14)21/h2-7,10,16H,8-9,11-12H2,1H3/t16-/m1/s1. The highest BCUT2D eigenvalue weighted by molar-refractivity contribution is 7.91. The molecule has 144 valence electrons. The lowest BCUT2D eigenvalue weighted by atomic mass is 10.1. The monoisotopic (exact) mass is 427 g/mol. The smallest absolute Gasteiger partial charge is 0.254 e. The molecule has 8 heteroatoms. The molecule has 1 aliphatic heterocycles. The second-order valence-corrected chi connectivity index (χ2v) is 9.53. The number of halogens is 2. The molecule has 0 aliphatic carbocycles. The summed E-state index contributed by atoms with van der Waals surface area (Å²) in [4.78, 5) is 14.7. The molecule has 1 aliphatic rings. The highest BCUT2D eigenvalue weighted by Gasteiger charge is 2.35. The third-order valence-electron chi connectivity index (χ3n) is 4.60. The molecule has 0 N–H and O–H groups in total. The van der Waals surface area contributed by atoms with Crippen molar-refractivity contribution in [3.05, 3.63) is 63.6 Å². The van der Waals surface area contributed by atoms with Crippen molar-refractivity contribution in [1.29, 1.82) is 0 Å². The predicted octanol–water partition coefficient (Wildman–Crippen LogP) is 3.83. The number of methoxy groups -OCH3 is 1. The first-order chi connectivity index (χ1) is 12.8. The van der Waals surface area contributed by atoms with E-state index in [1.54, 1.807) is 54.5 Å². The van der Waals surface area contributed by atoms with Crippen LogP contribution in [-0.4, -0.2) is 43.9 Å². The van der Waals surface area contributed by atoms with Crippen LogP contribution in [0.3, 0.4) is 0 Å². The van der Waals surface area contributed by atoms with Gasteiger partial charge < -0.3 is 9.64 Å². The molecule has 0 unspecified atom stereocenters. The van der Waals surface area contributed by atoms with Crippen LogP contribution in [0.1, 0.15) is 22.3 Å². The maximum Gasteiger partial charge on any atom is 0.254 e. The lowest BCUT2D eigenvalue weighted by Crippen LogP contribution is -2.40. The van der Waals surface area contributed by atoms with E-state index in [1.165, 1.54) is 0 Å². The Hall–Kier alpha value is -1.76. The van der Waals surface area contributed by atoms with Gasteiger partial charge in [0.1, 0.15) is 5.75 Å². The van der Waals surface area contributed by atoms with Crippen LogP contribution < -0.4 is 4.74 Å². The summed E-state index contributed by atoms with van der Waals surface area (Å²) in [6.07, 6.45) is 0.412. The number of carbonyl (C=O) groups is 1. The summed E-state index contributed by atoms with van der Waals surface area (Å²) in [7, 11) is -1.59. The zero-order valence-electron chi connectivity index (χ0n) is 14.7. The molecule has 27 heavy (non-hydrogen) atoms. The van der Waals surface area contributed by atoms with E-state index in [-0.39, 0.29) is 24.0 Å². The maximum absolute atomic E-state index is 13.1. The fraction of sp³-hybridized carbons (Fsp3) is 0.316. The van der Waals surface area contributed by atoms with Gasteiger partial charge >= 0.3 is 0 Å². The summed E-state index contributed by atoms with van der Waals surface area (Å²) in [6, 6.07) is 11.4. The first kappa shape index (κ1) is 20.0. The van der Waals surface area contributed by atoms with E-state index in [0.29, 0.717) is 33.3 Å². The molecular formula is C19H19Cl2NO4S. The van der Waals surface area contributed by atoms with Crippen LogP contribution >= 0.6 is 23.2 Å². The molecule has 0 saturated carbocycles. The van der Waals surface area contributed by atoms with Crippen LogP contribution in [0.15, 0.2) is 42.5 Å². The molecule has 1 saturated heterocycles. The Balaban J connectivity index is 1.92. The van der Waals surface area contributed by atoms with Gasteiger partial charge in [-0.05, 0) is 48.4 Å².